The molecule has 30 heavy (non-hydrogen) atoms. The average Bonchev–Trinajstić information content (AvgIpc) is 2.78. The summed E-state index contributed by atoms with van der Waals surface area (Å²) in [5.74, 6) is 1.05. The van der Waals surface area contributed by atoms with Gasteiger partial charge in [-0.05, 0) is 35.7 Å². The molecule has 2 N–H and O–H groups in total. The number of carbonyl (C=O) groups is 1. The Balaban J connectivity index is 1.86. The molecule has 1 aromatic carbocycles. The highest BCUT2D eigenvalue weighted by Gasteiger charge is 2.13. The number of Topliss-reactive ketones (excluding diaryl/α,β-unsaturated/α-hetero) is 1. The van der Waals surface area contributed by atoms with Crippen molar-refractivity contribution in [1.82, 2.24) is 15.0 Å². The number of rotatable bonds is 6. The van der Waals surface area contributed by atoms with Crippen molar-refractivity contribution in [2.45, 2.75) is 13.3 Å². The number of hydrogen-bond donors (Lipinski definition) is 2. The van der Waals surface area contributed by atoms with Crippen LogP contribution in [0.5, 0.6) is 5.75 Å². The van der Waals surface area contributed by atoms with Crippen molar-refractivity contribution in [2.75, 3.05) is 12.4 Å². The molecule has 7 nitrogen and oxygen atoms in total. The molecular formula is C23H20N4O3. The fourth-order valence-corrected chi connectivity index (χ4v) is 3.23. The number of methoxy groups -OCH3 is 1. The monoisotopic (exact) mass is 400 g/mol. The van der Waals surface area contributed by atoms with Crippen LogP contribution in [0.15, 0.2) is 65.8 Å². The van der Waals surface area contributed by atoms with Gasteiger partial charge < -0.3 is 15.0 Å². The maximum absolute atomic E-state index is 12.5. The van der Waals surface area contributed by atoms with E-state index in [1.807, 2.05) is 31.2 Å². The lowest BCUT2D eigenvalue weighted by atomic mass is 10.1. The van der Waals surface area contributed by atoms with Gasteiger partial charge in [0.15, 0.2) is 5.78 Å². The highest BCUT2D eigenvalue weighted by molar-refractivity contribution is 5.98. The largest absolute Gasteiger partial charge is 0.495 e. The van der Waals surface area contributed by atoms with Gasteiger partial charge in [-0.25, -0.2) is 4.98 Å². The second-order valence-corrected chi connectivity index (χ2v) is 6.72. The van der Waals surface area contributed by atoms with Gasteiger partial charge in [0, 0.05) is 35.6 Å². The van der Waals surface area contributed by atoms with Crippen LogP contribution in [0, 0.1) is 0 Å². The van der Waals surface area contributed by atoms with Crippen molar-refractivity contribution in [1.29, 1.82) is 0 Å². The van der Waals surface area contributed by atoms with Crippen LogP contribution in [0.2, 0.25) is 0 Å². The van der Waals surface area contributed by atoms with E-state index in [0.29, 0.717) is 40.3 Å². The Morgan fingerprint density at radius 2 is 2.03 bits per heavy atom. The van der Waals surface area contributed by atoms with Crippen LogP contribution >= 0.6 is 0 Å². The van der Waals surface area contributed by atoms with Crippen molar-refractivity contribution < 1.29 is 9.53 Å². The van der Waals surface area contributed by atoms with Crippen LogP contribution < -0.4 is 15.6 Å². The van der Waals surface area contributed by atoms with E-state index in [9.17, 15) is 9.59 Å². The van der Waals surface area contributed by atoms with E-state index in [2.05, 4.69) is 20.3 Å². The number of ether oxygens (including phenoxy) is 1. The highest BCUT2D eigenvalue weighted by Crippen LogP contribution is 2.29. The number of aromatic amines is 1. The van der Waals surface area contributed by atoms with Gasteiger partial charge in [-0.1, -0.05) is 19.1 Å². The predicted octanol–water partition coefficient (Wildman–Crippen LogP) is 4.33. The van der Waals surface area contributed by atoms with Crippen LogP contribution in [0.1, 0.15) is 23.7 Å². The van der Waals surface area contributed by atoms with Gasteiger partial charge in [-0.3, -0.25) is 14.6 Å². The number of H-pyrrole nitrogens is 1. The lowest BCUT2D eigenvalue weighted by Gasteiger charge is -2.12. The first-order chi connectivity index (χ1) is 14.6. The van der Waals surface area contributed by atoms with Crippen LogP contribution in [-0.4, -0.2) is 27.8 Å². The van der Waals surface area contributed by atoms with Gasteiger partial charge in [-0.15, -0.1) is 0 Å². The molecule has 0 amide bonds. The third-order valence-corrected chi connectivity index (χ3v) is 4.77. The summed E-state index contributed by atoms with van der Waals surface area (Å²) in [5.41, 5.74) is 2.43. The molecule has 0 fully saturated rings. The Labute approximate surface area is 172 Å². The van der Waals surface area contributed by atoms with Gasteiger partial charge in [0.1, 0.15) is 11.6 Å². The molecule has 0 radical (unpaired) electrons. The Morgan fingerprint density at radius 1 is 1.17 bits per heavy atom. The molecule has 7 heteroatoms. The molecule has 3 heterocycles. The second kappa shape index (κ2) is 8.16. The number of benzene rings is 1. The number of nitrogens with one attached hydrogen (secondary N) is 2. The summed E-state index contributed by atoms with van der Waals surface area (Å²) in [6.07, 6.45) is 5.32. The van der Waals surface area contributed by atoms with Crippen molar-refractivity contribution in [3.8, 4) is 17.0 Å². The van der Waals surface area contributed by atoms with E-state index in [0.717, 1.165) is 10.9 Å². The fraction of sp³-hybridized carbons (Fsp3) is 0.130. The highest BCUT2D eigenvalue weighted by atomic mass is 16.5. The summed E-state index contributed by atoms with van der Waals surface area (Å²) in [6.45, 7) is 1.82. The van der Waals surface area contributed by atoms with Gasteiger partial charge in [0.2, 0.25) is 0 Å². The van der Waals surface area contributed by atoms with Gasteiger partial charge in [0.05, 0.1) is 24.4 Å². The normalized spacial score (nSPS) is 10.7. The van der Waals surface area contributed by atoms with E-state index in [4.69, 9.17) is 4.74 Å². The van der Waals surface area contributed by atoms with Gasteiger partial charge in [0.25, 0.3) is 5.56 Å². The molecule has 0 bridgehead atoms. The minimum Gasteiger partial charge on any atom is -0.495 e. The first-order valence-electron chi connectivity index (χ1n) is 9.51. The molecule has 4 aromatic rings. The molecule has 4 rings (SSSR count). The number of nitrogens with zero attached hydrogens (tertiary/aromatic N) is 2. The van der Waals surface area contributed by atoms with Crippen molar-refractivity contribution >= 4 is 28.1 Å². The third kappa shape index (κ3) is 3.77. The summed E-state index contributed by atoms with van der Waals surface area (Å²) in [4.78, 5) is 36.2. The summed E-state index contributed by atoms with van der Waals surface area (Å²) >= 11 is 0. The third-order valence-electron chi connectivity index (χ3n) is 4.77. The zero-order valence-corrected chi connectivity index (χ0v) is 16.6. The number of hydrogen-bond acceptors (Lipinski definition) is 6. The first kappa shape index (κ1) is 19.3. The smallest absolute Gasteiger partial charge is 0.259 e. The van der Waals surface area contributed by atoms with Crippen LogP contribution in [0.4, 0.5) is 11.5 Å². The van der Waals surface area contributed by atoms with Crippen LogP contribution in [-0.2, 0) is 0 Å². The average molecular weight is 400 g/mol. The quantitative estimate of drug-likeness (QED) is 0.468. The summed E-state index contributed by atoms with van der Waals surface area (Å²) in [5, 5.41) is 4.38. The molecule has 0 saturated heterocycles. The Hall–Kier alpha value is -4.00. The van der Waals surface area contributed by atoms with E-state index >= 15 is 0 Å². The SMILES string of the molecule is CCC(=O)c1cccc(Nc2nc(-c3cncc(OC)c3)cc3cc[nH]c(=O)c23)c1. The maximum Gasteiger partial charge on any atom is 0.259 e. The maximum atomic E-state index is 12.5. The zero-order valence-electron chi connectivity index (χ0n) is 16.6. The number of fused-ring (bicyclic) bond motifs is 1. The predicted molar refractivity (Wildman–Crippen MR) is 116 cm³/mol. The van der Waals surface area contributed by atoms with Crippen LogP contribution in [0.3, 0.4) is 0 Å². The molecule has 0 aliphatic rings. The Bertz CT molecular complexity index is 1300. The first-order valence-corrected chi connectivity index (χ1v) is 9.51. The van der Waals surface area contributed by atoms with E-state index < -0.39 is 0 Å². The summed E-state index contributed by atoms with van der Waals surface area (Å²) in [6, 6.07) is 12.6. The Kier molecular flexibility index (Phi) is 5.26. The van der Waals surface area contributed by atoms with Gasteiger partial charge in [-0.2, -0.15) is 0 Å². The molecule has 0 aliphatic heterocycles. The molecule has 0 aliphatic carbocycles. The summed E-state index contributed by atoms with van der Waals surface area (Å²) in [7, 11) is 1.58. The minimum absolute atomic E-state index is 0.0468. The fourth-order valence-electron chi connectivity index (χ4n) is 3.23. The molecule has 0 unspecified atom stereocenters. The van der Waals surface area contributed by atoms with E-state index in [1.54, 1.807) is 43.9 Å². The molecular weight excluding hydrogens is 380 g/mol. The number of carbonyl (C=O) groups excluding carboxylic acids is 1. The van der Waals surface area contributed by atoms with Crippen LogP contribution in [0.25, 0.3) is 22.0 Å². The minimum atomic E-state index is -0.251. The Morgan fingerprint density at radius 3 is 2.83 bits per heavy atom. The second-order valence-electron chi connectivity index (χ2n) is 6.72. The molecule has 0 atom stereocenters. The number of aromatic nitrogens is 3. The van der Waals surface area contributed by atoms with Crippen molar-refractivity contribution in [3.05, 3.63) is 77.0 Å². The lowest BCUT2D eigenvalue weighted by molar-refractivity contribution is 0.0988. The van der Waals surface area contributed by atoms with Crippen molar-refractivity contribution in [2.24, 2.45) is 0 Å². The lowest BCUT2D eigenvalue weighted by Crippen LogP contribution is -2.09. The molecule has 0 saturated carbocycles. The van der Waals surface area contributed by atoms with Gasteiger partial charge >= 0.3 is 0 Å². The number of ketones is 1. The topological polar surface area (TPSA) is 97.0 Å². The molecule has 3 aromatic heterocycles. The number of anilines is 2. The van der Waals surface area contributed by atoms with E-state index in [-0.39, 0.29) is 11.3 Å². The zero-order chi connectivity index (χ0) is 21.1. The molecule has 0 spiro atoms. The van der Waals surface area contributed by atoms with Crippen molar-refractivity contribution in [3.63, 3.8) is 0 Å². The van der Waals surface area contributed by atoms with E-state index in [1.165, 1.54) is 0 Å². The number of pyridine rings is 3. The standard InChI is InChI=1S/C23H20N4O3/c1-3-20(28)14-5-4-6-17(9-14)26-22-21-15(7-8-25-23(21)29)11-19(27-22)16-10-18(30-2)13-24-12-16/h4-13H,3H2,1-2H3,(H,25,29)(H,26,27). The summed E-state index contributed by atoms with van der Waals surface area (Å²) < 4.78 is 5.26. The molecule has 150 valence electrons.